The van der Waals surface area contributed by atoms with Crippen molar-refractivity contribution in [1.82, 2.24) is 9.88 Å². The van der Waals surface area contributed by atoms with Gasteiger partial charge >= 0.3 is 0 Å². The second-order valence-electron chi connectivity index (χ2n) is 7.18. The molecule has 1 aromatic carbocycles. The number of anilines is 1. The van der Waals surface area contributed by atoms with Crippen LogP contribution in [0, 0.1) is 12.3 Å². The largest absolute Gasteiger partial charge is 0.338 e. The molecule has 1 saturated heterocycles. The van der Waals surface area contributed by atoms with Gasteiger partial charge in [0.25, 0.3) is 11.8 Å². The highest BCUT2D eigenvalue weighted by Gasteiger charge is 2.36. The van der Waals surface area contributed by atoms with Gasteiger partial charge in [-0.25, -0.2) is 0 Å². The summed E-state index contributed by atoms with van der Waals surface area (Å²) in [4.78, 5) is 31.3. The fourth-order valence-electron chi connectivity index (χ4n) is 3.23. The van der Waals surface area contributed by atoms with Gasteiger partial charge in [-0.1, -0.05) is 19.1 Å². The Balaban J connectivity index is 1.86. The number of rotatable bonds is 4. The Labute approximate surface area is 153 Å². The van der Waals surface area contributed by atoms with Crippen LogP contribution in [0.5, 0.6) is 0 Å². The maximum Gasteiger partial charge on any atom is 0.255 e. The molecule has 1 aliphatic heterocycles. The fraction of sp³-hybridized carbons (Fsp3) is 0.350. The van der Waals surface area contributed by atoms with Gasteiger partial charge in [0.05, 0.1) is 11.3 Å². The topological polar surface area (TPSA) is 88.3 Å². The van der Waals surface area contributed by atoms with Crippen LogP contribution in [0.1, 0.15) is 39.6 Å². The second kappa shape index (κ2) is 7.25. The molecule has 1 fully saturated rings. The van der Waals surface area contributed by atoms with Crippen LogP contribution in [-0.2, 0) is 0 Å². The van der Waals surface area contributed by atoms with Crippen molar-refractivity contribution in [3.8, 4) is 0 Å². The molecule has 1 atom stereocenters. The Morgan fingerprint density at radius 2 is 2.00 bits per heavy atom. The number of pyridine rings is 1. The van der Waals surface area contributed by atoms with Crippen LogP contribution in [0.15, 0.2) is 42.7 Å². The maximum atomic E-state index is 13.1. The zero-order valence-electron chi connectivity index (χ0n) is 15.2. The minimum Gasteiger partial charge on any atom is -0.338 e. The third-order valence-electron chi connectivity index (χ3n) is 5.02. The lowest BCUT2D eigenvalue weighted by molar-refractivity contribution is 0.0778. The molecular formula is C20H24N4O2. The Bertz CT molecular complexity index is 822. The van der Waals surface area contributed by atoms with Gasteiger partial charge in [-0.2, -0.15) is 0 Å². The lowest BCUT2D eigenvalue weighted by Crippen LogP contribution is -2.35. The number of aromatic nitrogens is 1. The van der Waals surface area contributed by atoms with Gasteiger partial charge < -0.3 is 16.0 Å². The summed E-state index contributed by atoms with van der Waals surface area (Å²) >= 11 is 0. The van der Waals surface area contributed by atoms with Gasteiger partial charge in [0.15, 0.2) is 0 Å². The predicted molar refractivity (Wildman–Crippen MR) is 101 cm³/mol. The number of benzene rings is 1. The van der Waals surface area contributed by atoms with E-state index in [4.69, 9.17) is 5.73 Å². The van der Waals surface area contributed by atoms with Gasteiger partial charge in [0.2, 0.25) is 0 Å². The zero-order valence-corrected chi connectivity index (χ0v) is 15.2. The van der Waals surface area contributed by atoms with E-state index in [0.717, 1.165) is 12.0 Å². The highest BCUT2D eigenvalue weighted by atomic mass is 16.2. The van der Waals surface area contributed by atoms with E-state index < -0.39 is 0 Å². The monoisotopic (exact) mass is 352 g/mol. The normalized spacial score (nSPS) is 19.4. The van der Waals surface area contributed by atoms with E-state index in [1.165, 1.54) is 0 Å². The maximum absolute atomic E-state index is 13.1. The third kappa shape index (κ3) is 3.60. The number of amides is 2. The van der Waals surface area contributed by atoms with Gasteiger partial charge in [-0.3, -0.25) is 14.6 Å². The molecule has 6 heteroatoms. The van der Waals surface area contributed by atoms with E-state index >= 15 is 0 Å². The van der Waals surface area contributed by atoms with Crippen molar-refractivity contribution in [2.24, 2.45) is 11.1 Å². The average Bonchev–Trinajstić information content (AvgIpc) is 3.06. The van der Waals surface area contributed by atoms with E-state index in [1.807, 2.05) is 24.0 Å². The Morgan fingerprint density at radius 3 is 2.65 bits per heavy atom. The molecule has 2 heterocycles. The molecule has 0 bridgehead atoms. The van der Waals surface area contributed by atoms with Crippen LogP contribution in [0.2, 0.25) is 0 Å². The molecule has 0 spiro atoms. The molecule has 3 rings (SSSR count). The number of carbonyl (C=O) groups excluding carboxylic acids is 2. The molecule has 3 N–H and O–H groups in total. The van der Waals surface area contributed by atoms with Crippen LogP contribution in [0.25, 0.3) is 0 Å². The number of carbonyl (C=O) groups is 2. The predicted octanol–water partition coefficient (Wildman–Crippen LogP) is 2.45. The van der Waals surface area contributed by atoms with E-state index in [0.29, 0.717) is 36.4 Å². The summed E-state index contributed by atoms with van der Waals surface area (Å²) < 4.78 is 0. The lowest BCUT2D eigenvalue weighted by Gasteiger charge is -2.23. The Hall–Kier alpha value is -2.73. The zero-order chi connectivity index (χ0) is 18.7. The molecule has 2 amide bonds. The number of nitrogens with two attached hydrogens (primary N) is 1. The van der Waals surface area contributed by atoms with Gasteiger partial charge in [0.1, 0.15) is 0 Å². The molecule has 1 aromatic heterocycles. The summed E-state index contributed by atoms with van der Waals surface area (Å²) in [5.41, 5.74) is 8.22. The minimum atomic E-state index is -0.260. The molecule has 1 aliphatic rings. The first-order valence-corrected chi connectivity index (χ1v) is 8.74. The SMILES string of the molecule is Cc1cccc(C(=O)N2CCC(C)(CN)C2)c1NC(=O)c1ccncc1. The van der Waals surface area contributed by atoms with Crippen molar-refractivity contribution in [2.75, 3.05) is 25.0 Å². The number of likely N-dealkylation sites (tertiary alicyclic amines) is 1. The molecule has 6 nitrogen and oxygen atoms in total. The van der Waals surface area contributed by atoms with Crippen molar-refractivity contribution in [3.05, 3.63) is 59.4 Å². The van der Waals surface area contributed by atoms with Crippen molar-refractivity contribution in [2.45, 2.75) is 20.3 Å². The van der Waals surface area contributed by atoms with E-state index in [2.05, 4.69) is 17.2 Å². The molecule has 0 aliphatic carbocycles. The number of nitrogens with one attached hydrogen (secondary N) is 1. The molecule has 0 saturated carbocycles. The number of hydrogen-bond donors (Lipinski definition) is 2. The van der Waals surface area contributed by atoms with Crippen LogP contribution >= 0.6 is 0 Å². The molecule has 0 radical (unpaired) electrons. The van der Waals surface area contributed by atoms with Gasteiger partial charge in [-0.15, -0.1) is 0 Å². The van der Waals surface area contributed by atoms with E-state index in [9.17, 15) is 9.59 Å². The highest BCUT2D eigenvalue weighted by Crippen LogP contribution is 2.31. The number of aryl methyl sites for hydroxylation is 1. The van der Waals surface area contributed by atoms with Crippen molar-refractivity contribution >= 4 is 17.5 Å². The standard InChI is InChI=1S/C20H24N4O2/c1-14-4-3-5-16(19(26)24-11-8-20(2,12-21)13-24)17(14)23-18(25)15-6-9-22-10-7-15/h3-7,9-10H,8,11-13,21H2,1-2H3,(H,23,25). The smallest absolute Gasteiger partial charge is 0.255 e. The first kappa shape index (κ1) is 18.1. The Morgan fingerprint density at radius 1 is 1.27 bits per heavy atom. The Kier molecular flexibility index (Phi) is 5.04. The molecule has 2 aromatic rings. The summed E-state index contributed by atoms with van der Waals surface area (Å²) in [6.45, 7) is 5.85. The van der Waals surface area contributed by atoms with Crippen LogP contribution < -0.4 is 11.1 Å². The minimum absolute atomic E-state index is 0.0417. The van der Waals surface area contributed by atoms with Gasteiger partial charge in [-0.05, 0) is 49.1 Å². The quantitative estimate of drug-likeness (QED) is 0.885. The number of para-hydroxylation sites is 1. The van der Waals surface area contributed by atoms with Crippen LogP contribution in [0.3, 0.4) is 0 Å². The number of nitrogens with zero attached hydrogens (tertiary/aromatic N) is 2. The van der Waals surface area contributed by atoms with E-state index in [1.54, 1.807) is 30.6 Å². The fourth-order valence-corrected chi connectivity index (χ4v) is 3.23. The van der Waals surface area contributed by atoms with E-state index in [-0.39, 0.29) is 17.2 Å². The van der Waals surface area contributed by atoms with Crippen molar-refractivity contribution < 1.29 is 9.59 Å². The highest BCUT2D eigenvalue weighted by molar-refractivity contribution is 6.09. The average molecular weight is 352 g/mol. The molecule has 136 valence electrons. The summed E-state index contributed by atoms with van der Waals surface area (Å²) in [5.74, 6) is -0.333. The molecule has 26 heavy (non-hydrogen) atoms. The van der Waals surface area contributed by atoms with Gasteiger partial charge in [0, 0.05) is 31.0 Å². The third-order valence-corrected chi connectivity index (χ3v) is 5.02. The molecule has 1 unspecified atom stereocenters. The summed E-state index contributed by atoms with van der Waals surface area (Å²) in [6.07, 6.45) is 4.02. The molecular weight excluding hydrogens is 328 g/mol. The second-order valence-corrected chi connectivity index (χ2v) is 7.18. The first-order chi connectivity index (χ1) is 12.4. The summed E-state index contributed by atoms with van der Waals surface area (Å²) in [5, 5.41) is 2.90. The van der Waals surface area contributed by atoms with Crippen LogP contribution in [-0.4, -0.2) is 41.3 Å². The van der Waals surface area contributed by atoms with Crippen LogP contribution in [0.4, 0.5) is 5.69 Å². The lowest BCUT2D eigenvalue weighted by atomic mass is 9.90. The van der Waals surface area contributed by atoms with Crippen molar-refractivity contribution in [3.63, 3.8) is 0 Å². The van der Waals surface area contributed by atoms with Crippen molar-refractivity contribution in [1.29, 1.82) is 0 Å². The summed E-state index contributed by atoms with van der Waals surface area (Å²) in [6, 6.07) is 8.76. The number of hydrogen-bond acceptors (Lipinski definition) is 4. The summed E-state index contributed by atoms with van der Waals surface area (Å²) in [7, 11) is 0. The first-order valence-electron chi connectivity index (χ1n) is 8.74.